The lowest BCUT2D eigenvalue weighted by Gasteiger charge is -2.36. The summed E-state index contributed by atoms with van der Waals surface area (Å²) < 4.78 is 25.2. The second kappa shape index (κ2) is 6.68. The Morgan fingerprint density at radius 1 is 1.00 bits per heavy atom. The summed E-state index contributed by atoms with van der Waals surface area (Å²) in [6, 6.07) is 9.39. The number of anilines is 1. The highest BCUT2D eigenvalue weighted by molar-refractivity contribution is 7.56. The SMILES string of the molecule is CCOP(=O)(OCC)C12C(=O)c3ccccc3N1C(=O)c1cc(Cl)c(Cl)cc12. The molecule has 0 saturated heterocycles. The number of amides is 1. The van der Waals surface area contributed by atoms with Crippen LogP contribution in [-0.4, -0.2) is 24.9 Å². The largest absolute Gasteiger partial charge is 0.369 e. The number of nitrogens with zero attached hydrogens (tertiary/aromatic N) is 1. The summed E-state index contributed by atoms with van der Waals surface area (Å²) in [6.45, 7) is 3.35. The minimum absolute atomic E-state index is 0.0291. The van der Waals surface area contributed by atoms with E-state index in [-0.39, 0.29) is 39.9 Å². The first-order valence-electron chi connectivity index (χ1n) is 8.70. The van der Waals surface area contributed by atoms with E-state index in [2.05, 4.69) is 0 Å². The fraction of sp³-hybridized carbons (Fsp3) is 0.263. The van der Waals surface area contributed by atoms with Crippen molar-refractivity contribution < 1.29 is 23.2 Å². The minimum atomic E-state index is -4.18. The third-order valence-electron chi connectivity index (χ3n) is 4.89. The third-order valence-corrected chi connectivity index (χ3v) is 8.25. The maximum Gasteiger partial charge on any atom is 0.369 e. The maximum absolute atomic E-state index is 14.1. The molecule has 146 valence electrons. The van der Waals surface area contributed by atoms with Crippen molar-refractivity contribution in [3.63, 3.8) is 0 Å². The Labute approximate surface area is 171 Å². The van der Waals surface area contributed by atoms with Crippen LogP contribution in [0.15, 0.2) is 36.4 Å². The van der Waals surface area contributed by atoms with Crippen LogP contribution in [0.5, 0.6) is 0 Å². The van der Waals surface area contributed by atoms with Gasteiger partial charge in [-0.25, -0.2) is 0 Å². The molecule has 0 aliphatic carbocycles. The summed E-state index contributed by atoms with van der Waals surface area (Å²) >= 11 is 12.3. The lowest BCUT2D eigenvalue weighted by molar-refractivity contribution is 0.0879. The smallest absolute Gasteiger partial charge is 0.307 e. The number of rotatable bonds is 5. The van der Waals surface area contributed by atoms with E-state index in [0.717, 1.165) is 0 Å². The van der Waals surface area contributed by atoms with Gasteiger partial charge < -0.3 is 9.05 Å². The lowest BCUT2D eigenvalue weighted by atomic mass is 9.98. The van der Waals surface area contributed by atoms with Crippen LogP contribution in [0.4, 0.5) is 5.69 Å². The van der Waals surface area contributed by atoms with Crippen molar-refractivity contribution >= 4 is 48.2 Å². The molecule has 1 atom stereocenters. The molecule has 4 rings (SSSR count). The van der Waals surface area contributed by atoms with E-state index in [9.17, 15) is 14.2 Å². The second-order valence-electron chi connectivity index (χ2n) is 6.30. The molecule has 0 saturated carbocycles. The van der Waals surface area contributed by atoms with Crippen LogP contribution in [0.25, 0.3) is 0 Å². The molecule has 1 amide bonds. The molecule has 28 heavy (non-hydrogen) atoms. The van der Waals surface area contributed by atoms with E-state index in [1.807, 2.05) is 0 Å². The van der Waals surface area contributed by atoms with Crippen LogP contribution in [-0.2, 0) is 18.9 Å². The molecule has 0 aromatic heterocycles. The van der Waals surface area contributed by atoms with Crippen molar-refractivity contribution in [3.8, 4) is 0 Å². The molecular formula is C19H16Cl2NO5P. The van der Waals surface area contributed by atoms with Gasteiger partial charge in [0.25, 0.3) is 5.91 Å². The highest BCUT2D eigenvalue weighted by atomic mass is 35.5. The van der Waals surface area contributed by atoms with Crippen LogP contribution in [0.1, 0.15) is 40.1 Å². The van der Waals surface area contributed by atoms with Gasteiger partial charge in [-0.2, -0.15) is 0 Å². The summed E-state index contributed by atoms with van der Waals surface area (Å²) in [5, 5.41) is -1.67. The lowest BCUT2D eigenvalue weighted by Crippen LogP contribution is -2.45. The average Bonchev–Trinajstić information content (AvgIpc) is 3.07. The topological polar surface area (TPSA) is 72.9 Å². The van der Waals surface area contributed by atoms with E-state index < -0.39 is 24.6 Å². The zero-order valence-electron chi connectivity index (χ0n) is 15.1. The van der Waals surface area contributed by atoms with Gasteiger partial charge in [0, 0.05) is 16.7 Å². The number of ketones is 1. The fourth-order valence-corrected chi connectivity index (χ4v) is 6.66. The van der Waals surface area contributed by atoms with E-state index in [1.165, 1.54) is 17.0 Å². The zero-order chi connectivity index (χ0) is 20.3. The number of fused-ring (bicyclic) bond motifs is 5. The number of hydrogen-bond donors (Lipinski definition) is 0. The molecule has 2 heterocycles. The maximum atomic E-state index is 14.1. The molecule has 2 aromatic rings. The molecule has 2 aliphatic heterocycles. The molecular weight excluding hydrogens is 424 g/mol. The van der Waals surface area contributed by atoms with Crippen LogP contribution >= 0.6 is 30.8 Å². The molecule has 2 aromatic carbocycles. The number of para-hydroxylation sites is 1. The van der Waals surface area contributed by atoms with Gasteiger partial charge >= 0.3 is 7.60 Å². The summed E-state index contributed by atoms with van der Waals surface area (Å²) in [7, 11) is -4.18. The normalized spacial score (nSPS) is 20.4. The highest BCUT2D eigenvalue weighted by Crippen LogP contribution is 2.73. The highest BCUT2D eigenvalue weighted by Gasteiger charge is 2.72. The van der Waals surface area contributed by atoms with Gasteiger partial charge in [-0.05, 0) is 38.1 Å². The van der Waals surface area contributed by atoms with E-state index in [1.54, 1.807) is 38.1 Å². The van der Waals surface area contributed by atoms with Gasteiger partial charge in [-0.1, -0.05) is 35.3 Å². The van der Waals surface area contributed by atoms with Gasteiger partial charge in [0.1, 0.15) is 0 Å². The Morgan fingerprint density at radius 3 is 2.25 bits per heavy atom. The summed E-state index contributed by atoms with van der Waals surface area (Å²) in [5.41, 5.74) is 0.947. The standard InChI is InChI=1S/C19H16Cl2NO5P/c1-3-26-28(25,27-4-2)19-13-10-15(21)14(20)9-12(13)18(24)22(19)16-8-6-5-7-11(16)17(19)23/h5-10H,3-4H2,1-2H3. The van der Waals surface area contributed by atoms with Crippen molar-refractivity contribution in [2.45, 2.75) is 19.1 Å². The second-order valence-corrected chi connectivity index (χ2v) is 9.28. The number of Topliss-reactive ketones (excluding diaryl/α,β-unsaturated/α-hetero) is 1. The Balaban J connectivity index is 2.13. The molecule has 6 nitrogen and oxygen atoms in total. The number of halogens is 2. The van der Waals surface area contributed by atoms with Crippen molar-refractivity contribution in [1.29, 1.82) is 0 Å². The van der Waals surface area contributed by atoms with Gasteiger partial charge in [0.15, 0.2) is 0 Å². The van der Waals surface area contributed by atoms with Crippen LogP contribution in [0.3, 0.4) is 0 Å². The molecule has 1 unspecified atom stereocenters. The Hall–Kier alpha value is -1.69. The van der Waals surface area contributed by atoms with Crippen molar-refractivity contribution in [3.05, 3.63) is 63.1 Å². The van der Waals surface area contributed by atoms with E-state index >= 15 is 0 Å². The molecule has 9 heteroatoms. The van der Waals surface area contributed by atoms with Crippen molar-refractivity contribution in [2.75, 3.05) is 18.1 Å². The number of carbonyl (C=O) groups is 2. The number of carbonyl (C=O) groups excluding carboxylic acids is 2. The molecule has 0 fully saturated rings. The van der Waals surface area contributed by atoms with Gasteiger partial charge in [-0.3, -0.25) is 19.1 Å². The summed E-state index contributed by atoms with van der Waals surface area (Å²) in [5.74, 6) is -1.04. The van der Waals surface area contributed by atoms with Crippen molar-refractivity contribution in [1.82, 2.24) is 0 Å². The predicted molar refractivity (Wildman–Crippen MR) is 107 cm³/mol. The molecule has 2 aliphatic rings. The third kappa shape index (κ3) is 2.27. The molecule has 0 N–H and O–H groups in total. The van der Waals surface area contributed by atoms with E-state index in [4.69, 9.17) is 32.2 Å². The quantitative estimate of drug-likeness (QED) is 0.593. The first kappa shape index (κ1) is 19.6. The Morgan fingerprint density at radius 2 is 1.61 bits per heavy atom. The monoisotopic (exact) mass is 439 g/mol. The van der Waals surface area contributed by atoms with Crippen LogP contribution < -0.4 is 4.90 Å². The summed E-state index contributed by atoms with van der Waals surface area (Å²) in [4.78, 5) is 28.3. The van der Waals surface area contributed by atoms with Gasteiger partial charge in [-0.15, -0.1) is 0 Å². The van der Waals surface area contributed by atoms with Crippen molar-refractivity contribution in [2.24, 2.45) is 0 Å². The average molecular weight is 440 g/mol. The van der Waals surface area contributed by atoms with Crippen LogP contribution in [0, 0.1) is 0 Å². The minimum Gasteiger partial charge on any atom is -0.307 e. The predicted octanol–water partition coefficient (Wildman–Crippen LogP) is 5.27. The Kier molecular flexibility index (Phi) is 4.68. The Bertz CT molecular complexity index is 1060. The van der Waals surface area contributed by atoms with E-state index in [0.29, 0.717) is 5.69 Å². The molecule has 0 radical (unpaired) electrons. The molecule has 0 bridgehead atoms. The zero-order valence-corrected chi connectivity index (χ0v) is 17.5. The number of benzene rings is 2. The first-order valence-corrected chi connectivity index (χ1v) is 11.0. The van der Waals surface area contributed by atoms with Gasteiger partial charge in [0.05, 0.1) is 28.9 Å². The summed E-state index contributed by atoms with van der Waals surface area (Å²) in [6.07, 6.45) is 0. The van der Waals surface area contributed by atoms with Crippen LogP contribution in [0.2, 0.25) is 10.0 Å². The fourth-order valence-electron chi connectivity index (χ4n) is 3.91. The number of hydrogen-bond acceptors (Lipinski definition) is 5. The first-order chi connectivity index (χ1) is 13.3. The van der Waals surface area contributed by atoms with Gasteiger partial charge in [0.2, 0.25) is 11.1 Å². The molecule has 0 spiro atoms.